The minimum atomic E-state index is -0.819. The molecule has 3 nitrogen and oxygen atoms in total. The largest absolute Gasteiger partial charge is 0.385 e. The molecule has 0 heterocycles. The minimum absolute atomic E-state index is 0.0210. The van der Waals surface area contributed by atoms with Crippen LogP contribution in [0.4, 0.5) is 0 Å². The molecular formula is C18H24O3. The number of Topliss-reactive ketones (excluding diaryl/α,β-unsaturated/α-hetero) is 1. The summed E-state index contributed by atoms with van der Waals surface area (Å²) in [6, 6.07) is 0. The third kappa shape index (κ3) is 1.82. The maximum atomic E-state index is 12.0. The van der Waals surface area contributed by atoms with Gasteiger partial charge in [0.25, 0.3) is 0 Å². The van der Waals surface area contributed by atoms with E-state index in [4.69, 9.17) is 0 Å². The smallest absolute Gasteiger partial charge is 0.184 e. The first kappa shape index (κ1) is 13.7. The average molecular weight is 288 g/mol. The number of carbonyl (C=O) groups excluding carboxylic acids is 2. The van der Waals surface area contributed by atoms with E-state index in [1.807, 2.05) is 0 Å². The van der Waals surface area contributed by atoms with Gasteiger partial charge >= 0.3 is 0 Å². The Morgan fingerprint density at radius 2 is 1.86 bits per heavy atom. The zero-order chi connectivity index (χ0) is 14.8. The number of allylic oxidation sites excluding steroid dienone is 1. The van der Waals surface area contributed by atoms with Crippen molar-refractivity contribution < 1.29 is 14.7 Å². The SMILES string of the molecule is CC12C[C@@H](O)C(=O)C=C1CCC1C3CCC(=O)C3CCC12. The summed E-state index contributed by atoms with van der Waals surface area (Å²) in [7, 11) is 0. The maximum Gasteiger partial charge on any atom is 0.184 e. The number of ketones is 2. The highest BCUT2D eigenvalue weighted by molar-refractivity contribution is 5.95. The predicted molar refractivity (Wildman–Crippen MR) is 78.5 cm³/mol. The molecule has 3 heteroatoms. The highest BCUT2D eigenvalue weighted by Crippen LogP contribution is 2.61. The third-order valence-corrected chi connectivity index (χ3v) is 7.07. The van der Waals surface area contributed by atoms with Crippen LogP contribution in [-0.2, 0) is 9.59 Å². The highest BCUT2D eigenvalue weighted by atomic mass is 16.3. The second-order valence-electron chi connectivity index (χ2n) is 7.87. The van der Waals surface area contributed by atoms with Crippen molar-refractivity contribution in [2.75, 3.05) is 0 Å². The van der Waals surface area contributed by atoms with E-state index >= 15 is 0 Å². The lowest BCUT2D eigenvalue weighted by Crippen LogP contribution is -2.50. The van der Waals surface area contributed by atoms with Crippen LogP contribution in [0, 0.1) is 29.1 Å². The Hall–Kier alpha value is -0.960. The van der Waals surface area contributed by atoms with Crippen molar-refractivity contribution in [1.29, 1.82) is 0 Å². The fraction of sp³-hybridized carbons (Fsp3) is 0.778. The van der Waals surface area contributed by atoms with Crippen LogP contribution in [-0.4, -0.2) is 22.8 Å². The van der Waals surface area contributed by atoms with E-state index in [0.717, 1.165) is 38.5 Å². The van der Waals surface area contributed by atoms with Crippen molar-refractivity contribution in [3.05, 3.63) is 11.6 Å². The predicted octanol–water partition coefficient (Wildman–Crippen LogP) is 2.67. The quantitative estimate of drug-likeness (QED) is 0.745. The van der Waals surface area contributed by atoms with E-state index in [1.54, 1.807) is 6.08 Å². The van der Waals surface area contributed by atoms with Gasteiger partial charge in [0.15, 0.2) is 5.78 Å². The lowest BCUT2D eigenvalue weighted by atomic mass is 9.49. The number of rotatable bonds is 0. The molecule has 3 fully saturated rings. The summed E-state index contributed by atoms with van der Waals surface area (Å²) in [5, 5.41) is 10.1. The molecule has 0 saturated heterocycles. The molecule has 0 aromatic rings. The van der Waals surface area contributed by atoms with E-state index in [2.05, 4.69) is 6.92 Å². The lowest BCUT2D eigenvalue weighted by molar-refractivity contribution is -0.128. The fourth-order valence-electron chi connectivity index (χ4n) is 6.04. The van der Waals surface area contributed by atoms with Crippen molar-refractivity contribution in [2.45, 2.75) is 58.0 Å². The Morgan fingerprint density at radius 3 is 2.67 bits per heavy atom. The first-order valence-electron chi connectivity index (χ1n) is 8.46. The molecule has 4 rings (SSSR count). The van der Waals surface area contributed by atoms with Gasteiger partial charge in [-0.3, -0.25) is 9.59 Å². The van der Waals surface area contributed by atoms with Crippen molar-refractivity contribution in [3.8, 4) is 0 Å². The van der Waals surface area contributed by atoms with Crippen molar-refractivity contribution in [1.82, 2.24) is 0 Å². The second kappa shape index (κ2) is 4.52. The van der Waals surface area contributed by atoms with Crippen molar-refractivity contribution >= 4 is 11.6 Å². The number of aliphatic hydroxyl groups excluding tert-OH is 1. The normalized spacial score (nSPS) is 49.2. The summed E-state index contributed by atoms with van der Waals surface area (Å²) in [5.74, 6) is 2.44. The van der Waals surface area contributed by atoms with Crippen molar-refractivity contribution in [2.24, 2.45) is 29.1 Å². The summed E-state index contributed by atoms with van der Waals surface area (Å²) in [5.41, 5.74) is 1.24. The summed E-state index contributed by atoms with van der Waals surface area (Å²) < 4.78 is 0. The van der Waals surface area contributed by atoms with Crippen LogP contribution in [0.2, 0.25) is 0 Å². The van der Waals surface area contributed by atoms with Crippen LogP contribution >= 0.6 is 0 Å². The first-order chi connectivity index (χ1) is 10.0. The average Bonchev–Trinajstić information content (AvgIpc) is 2.83. The Labute approximate surface area is 125 Å². The minimum Gasteiger partial charge on any atom is -0.385 e. The van der Waals surface area contributed by atoms with Gasteiger partial charge in [0.1, 0.15) is 11.9 Å². The Bertz CT molecular complexity index is 535. The molecule has 0 radical (unpaired) electrons. The fourth-order valence-corrected chi connectivity index (χ4v) is 6.04. The van der Waals surface area contributed by atoms with Gasteiger partial charge in [-0.25, -0.2) is 0 Å². The number of carbonyl (C=O) groups is 2. The second-order valence-corrected chi connectivity index (χ2v) is 7.87. The van der Waals surface area contributed by atoms with Gasteiger partial charge in [0.2, 0.25) is 0 Å². The molecule has 0 amide bonds. The summed E-state index contributed by atoms with van der Waals surface area (Å²) in [6.07, 6.45) is 7.57. The molecule has 0 bridgehead atoms. The molecule has 4 aliphatic rings. The molecule has 0 aromatic carbocycles. The molecule has 0 aliphatic heterocycles. The lowest BCUT2D eigenvalue weighted by Gasteiger charge is -2.55. The zero-order valence-electron chi connectivity index (χ0n) is 12.7. The van der Waals surface area contributed by atoms with Gasteiger partial charge in [-0.15, -0.1) is 0 Å². The summed E-state index contributed by atoms with van der Waals surface area (Å²) >= 11 is 0. The molecule has 21 heavy (non-hydrogen) atoms. The van der Waals surface area contributed by atoms with E-state index in [-0.39, 0.29) is 11.2 Å². The summed E-state index contributed by atoms with van der Waals surface area (Å²) in [4.78, 5) is 23.9. The Kier molecular flexibility index (Phi) is 2.94. The van der Waals surface area contributed by atoms with Gasteiger partial charge in [0.05, 0.1) is 0 Å². The van der Waals surface area contributed by atoms with Gasteiger partial charge in [-0.1, -0.05) is 12.5 Å². The highest BCUT2D eigenvalue weighted by Gasteiger charge is 2.55. The Morgan fingerprint density at radius 1 is 1.10 bits per heavy atom. The van der Waals surface area contributed by atoms with Crippen LogP contribution in [0.5, 0.6) is 0 Å². The van der Waals surface area contributed by atoms with Crippen molar-refractivity contribution in [3.63, 3.8) is 0 Å². The van der Waals surface area contributed by atoms with Gasteiger partial charge in [-0.2, -0.15) is 0 Å². The van der Waals surface area contributed by atoms with Gasteiger partial charge in [-0.05, 0) is 67.8 Å². The van der Waals surface area contributed by atoms with Crippen LogP contribution in [0.15, 0.2) is 11.6 Å². The van der Waals surface area contributed by atoms with Crippen LogP contribution in [0.25, 0.3) is 0 Å². The van der Waals surface area contributed by atoms with E-state index in [0.29, 0.717) is 35.9 Å². The molecule has 0 spiro atoms. The van der Waals surface area contributed by atoms with Crippen LogP contribution in [0.3, 0.4) is 0 Å². The van der Waals surface area contributed by atoms with Gasteiger partial charge in [0, 0.05) is 12.3 Å². The number of aliphatic hydroxyl groups is 1. The Balaban J connectivity index is 1.69. The standard InChI is InChI=1S/C18H24O3/c1-18-9-17(21)16(20)8-10(18)2-3-12-11-5-7-15(19)13(11)4-6-14(12)18/h8,11-14,17,21H,2-7,9H2,1H3/t11?,12?,13?,14?,17-,18?/m1/s1. The van der Waals surface area contributed by atoms with Crippen LogP contribution < -0.4 is 0 Å². The molecule has 3 saturated carbocycles. The molecule has 4 aliphatic carbocycles. The molecule has 0 aromatic heterocycles. The maximum absolute atomic E-state index is 12.0. The molecule has 1 N–H and O–H groups in total. The van der Waals surface area contributed by atoms with E-state index in [9.17, 15) is 14.7 Å². The molecule has 6 atom stereocenters. The number of fused-ring (bicyclic) bond motifs is 5. The summed E-state index contributed by atoms with van der Waals surface area (Å²) in [6.45, 7) is 2.25. The van der Waals surface area contributed by atoms with E-state index < -0.39 is 6.10 Å². The number of hydrogen-bond acceptors (Lipinski definition) is 3. The molecular weight excluding hydrogens is 264 g/mol. The molecule has 114 valence electrons. The van der Waals surface area contributed by atoms with Gasteiger partial charge < -0.3 is 5.11 Å². The topological polar surface area (TPSA) is 54.4 Å². The first-order valence-corrected chi connectivity index (χ1v) is 8.46. The zero-order valence-corrected chi connectivity index (χ0v) is 12.7. The third-order valence-electron chi connectivity index (χ3n) is 7.07. The molecule has 5 unspecified atom stereocenters. The van der Waals surface area contributed by atoms with E-state index in [1.165, 1.54) is 5.57 Å². The van der Waals surface area contributed by atoms with Crippen LogP contribution in [0.1, 0.15) is 51.9 Å². The number of hydrogen-bond donors (Lipinski definition) is 1. The monoisotopic (exact) mass is 288 g/mol.